The number of hydrogen-bond acceptors (Lipinski definition) is 4. The lowest BCUT2D eigenvalue weighted by Gasteiger charge is -2.20. The van der Waals surface area contributed by atoms with Gasteiger partial charge in [0.15, 0.2) is 5.82 Å². The third-order valence-electron chi connectivity index (χ3n) is 2.77. The van der Waals surface area contributed by atoms with Gasteiger partial charge in [-0.3, -0.25) is 10.00 Å². The zero-order valence-electron chi connectivity index (χ0n) is 9.78. The number of likely N-dealkylation sites (tertiary alicyclic amines) is 1. The molecule has 2 amide bonds. The van der Waals surface area contributed by atoms with Crippen LogP contribution in [0.5, 0.6) is 0 Å². The van der Waals surface area contributed by atoms with Crippen LogP contribution in [-0.4, -0.2) is 55.6 Å². The number of aliphatic hydroxyl groups is 1. The van der Waals surface area contributed by atoms with Crippen molar-refractivity contribution in [3.63, 3.8) is 0 Å². The highest BCUT2D eigenvalue weighted by Crippen LogP contribution is 2.19. The Morgan fingerprint density at radius 2 is 2.28 bits per heavy atom. The van der Waals surface area contributed by atoms with Gasteiger partial charge in [0, 0.05) is 32.3 Å². The van der Waals surface area contributed by atoms with E-state index in [2.05, 4.69) is 10.4 Å². The number of aryl methyl sites for hydroxylation is 1. The maximum absolute atomic E-state index is 11.9. The summed E-state index contributed by atoms with van der Waals surface area (Å²) in [5, 5.41) is 24.9. The number of β-amino-alcohol motifs (C(OH)–C–C–N with tert-alkyl or cyclic N) is 1. The summed E-state index contributed by atoms with van der Waals surface area (Å²) in [6.45, 7) is 0.00956. The number of carbonyl (C=O) groups is 2. The smallest absolute Gasteiger partial charge is 0.326 e. The van der Waals surface area contributed by atoms with Gasteiger partial charge in [0.2, 0.25) is 0 Å². The molecule has 1 saturated heterocycles. The maximum Gasteiger partial charge on any atom is 0.326 e. The number of urea groups is 1. The first-order valence-corrected chi connectivity index (χ1v) is 5.45. The number of nitrogens with zero attached hydrogens (tertiary/aromatic N) is 3. The number of hydrogen-bond donors (Lipinski definition) is 3. The molecule has 0 aromatic carbocycles. The molecule has 2 unspecified atom stereocenters. The number of amides is 2. The Bertz CT molecular complexity index is 472. The molecule has 2 atom stereocenters. The predicted octanol–water partition coefficient (Wildman–Crippen LogP) is -0.528. The molecule has 2 rings (SSSR count). The number of nitrogens with one attached hydrogen (secondary N) is 1. The summed E-state index contributed by atoms with van der Waals surface area (Å²) in [5.41, 5.74) is 0. The Kier molecular flexibility index (Phi) is 3.19. The molecule has 0 bridgehead atoms. The van der Waals surface area contributed by atoms with Gasteiger partial charge in [-0.25, -0.2) is 9.59 Å². The Labute approximate surface area is 103 Å². The van der Waals surface area contributed by atoms with E-state index < -0.39 is 24.1 Å². The van der Waals surface area contributed by atoms with Gasteiger partial charge in [-0.2, -0.15) is 5.10 Å². The molecule has 0 aliphatic carbocycles. The molecule has 8 nitrogen and oxygen atoms in total. The van der Waals surface area contributed by atoms with Crippen molar-refractivity contribution >= 4 is 17.8 Å². The van der Waals surface area contributed by atoms with Crippen LogP contribution in [0.25, 0.3) is 0 Å². The van der Waals surface area contributed by atoms with Crippen molar-refractivity contribution in [3.05, 3.63) is 12.3 Å². The number of aliphatic hydroxyl groups excluding tert-OH is 1. The molecule has 1 aromatic rings. The van der Waals surface area contributed by atoms with Gasteiger partial charge in [0.25, 0.3) is 0 Å². The minimum Gasteiger partial charge on any atom is -0.480 e. The van der Waals surface area contributed by atoms with Gasteiger partial charge < -0.3 is 15.1 Å². The lowest BCUT2D eigenvalue weighted by molar-refractivity contribution is -0.141. The quantitative estimate of drug-likeness (QED) is 0.657. The van der Waals surface area contributed by atoms with Crippen LogP contribution in [0.1, 0.15) is 6.42 Å². The van der Waals surface area contributed by atoms with Crippen LogP contribution < -0.4 is 5.32 Å². The zero-order chi connectivity index (χ0) is 13.3. The third kappa shape index (κ3) is 2.43. The van der Waals surface area contributed by atoms with E-state index in [9.17, 15) is 14.7 Å². The van der Waals surface area contributed by atoms with E-state index in [1.54, 1.807) is 19.3 Å². The van der Waals surface area contributed by atoms with Crippen molar-refractivity contribution in [2.24, 2.45) is 7.05 Å². The van der Waals surface area contributed by atoms with Gasteiger partial charge in [-0.05, 0) is 0 Å². The number of carboxylic acid groups (broad SMARTS) is 1. The lowest BCUT2D eigenvalue weighted by Crippen LogP contribution is -2.43. The summed E-state index contributed by atoms with van der Waals surface area (Å²) in [5.74, 6) is -0.782. The van der Waals surface area contributed by atoms with Gasteiger partial charge in [-0.15, -0.1) is 0 Å². The fraction of sp³-hybridized carbons (Fsp3) is 0.500. The van der Waals surface area contributed by atoms with Crippen molar-refractivity contribution in [2.45, 2.75) is 18.6 Å². The van der Waals surface area contributed by atoms with Crippen LogP contribution in [0.4, 0.5) is 10.6 Å². The van der Waals surface area contributed by atoms with Crippen LogP contribution in [0.3, 0.4) is 0 Å². The van der Waals surface area contributed by atoms with E-state index >= 15 is 0 Å². The summed E-state index contributed by atoms with van der Waals surface area (Å²) in [6.07, 6.45) is 0.897. The summed E-state index contributed by atoms with van der Waals surface area (Å²) in [4.78, 5) is 23.9. The second kappa shape index (κ2) is 4.65. The van der Waals surface area contributed by atoms with E-state index in [1.807, 2.05) is 0 Å². The van der Waals surface area contributed by atoms with Crippen LogP contribution in [0.15, 0.2) is 12.3 Å². The average Bonchev–Trinajstić information content (AvgIpc) is 2.85. The first kappa shape index (κ1) is 12.4. The van der Waals surface area contributed by atoms with Gasteiger partial charge in [-0.1, -0.05) is 0 Å². The molecule has 3 N–H and O–H groups in total. The first-order chi connectivity index (χ1) is 8.47. The van der Waals surface area contributed by atoms with Crippen molar-refractivity contribution in [1.82, 2.24) is 14.7 Å². The van der Waals surface area contributed by atoms with Gasteiger partial charge in [0.1, 0.15) is 6.04 Å². The number of anilines is 1. The topological polar surface area (TPSA) is 108 Å². The second-order valence-corrected chi connectivity index (χ2v) is 4.20. The van der Waals surface area contributed by atoms with E-state index in [1.165, 1.54) is 4.68 Å². The molecule has 98 valence electrons. The molecular weight excluding hydrogens is 240 g/mol. The minimum atomic E-state index is -1.12. The highest BCUT2D eigenvalue weighted by molar-refractivity contribution is 5.92. The van der Waals surface area contributed by atoms with Crippen molar-refractivity contribution < 1.29 is 19.8 Å². The van der Waals surface area contributed by atoms with Crippen LogP contribution >= 0.6 is 0 Å². The number of aromatic nitrogens is 2. The number of aliphatic carboxylic acids is 1. The number of carboxylic acids is 1. The minimum absolute atomic E-state index is 0.00956. The zero-order valence-corrected chi connectivity index (χ0v) is 9.78. The molecule has 18 heavy (non-hydrogen) atoms. The molecule has 1 aromatic heterocycles. The Hall–Kier alpha value is -2.09. The molecule has 2 heterocycles. The summed E-state index contributed by atoms with van der Waals surface area (Å²) >= 11 is 0. The Morgan fingerprint density at radius 1 is 1.56 bits per heavy atom. The number of rotatable bonds is 2. The SMILES string of the molecule is Cn1ccc(NC(=O)N2CC(O)CC2C(=O)O)n1. The largest absolute Gasteiger partial charge is 0.480 e. The van der Waals surface area contributed by atoms with Crippen molar-refractivity contribution in [3.8, 4) is 0 Å². The maximum atomic E-state index is 11.9. The van der Waals surface area contributed by atoms with E-state index in [0.717, 1.165) is 4.90 Å². The van der Waals surface area contributed by atoms with E-state index in [-0.39, 0.29) is 13.0 Å². The van der Waals surface area contributed by atoms with E-state index in [0.29, 0.717) is 5.82 Å². The van der Waals surface area contributed by atoms with Crippen molar-refractivity contribution in [2.75, 3.05) is 11.9 Å². The molecular formula is C10H14N4O4. The molecule has 0 radical (unpaired) electrons. The summed E-state index contributed by atoms with van der Waals surface area (Å²) < 4.78 is 1.52. The highest BCUT2D eigenvalue weighted by atomic mass is 16.4. The fourth-order valence-electron chi connectivity index (χ4n) is 1.94. The normalized spacial score (nSPS) is 23.1. The van der Waals surface area contributed by atoms with Gasteiger partial charge >= 0.3 is 12.0 Å². The summed E-state index contributed by atoms with van der Waals surface area (Å²) in [6, 6.07) is 0.0292. The first-order valence-electron chi connectivity index (χ1n) is 5.45. The molecule has 1 fully saturated rings. The molecule has 1 aliphatic rings. The highest BCUT2D eigenvalue weighted by Gasteiger charge is 2.39. The van der Waals surface area contributed by atoms with Crippen LogP contribution in [0, 0.1) is 0 Å². The van der Waals surface area contributed by atoms with Gasteiger partial charge in [0.05, 0.1) is 6.10 Å². The molecule has 8 heteroatoms. The molecule has 1 aliphatic heterocycles. The van der Waals surface area contributed by atoms with E-state index in [4.69, 9.17) is 5.11 Å². The second-order valence-electron chi connectivity index (χ2n) is 4.20. The lowest BCUT2D eigenvalue weighted by atomic mass is 10.2. The predicted molar refractivity (Wildman–Crippen MR) is 61.0 cm³/mol. The molecule has 0 saturated carbocycles. The monoisotopic (exact) mass is 254 g/mol. The van der Waals surface area contributed by atoms with Crippen LogP contribution in [0.2, 0.25) is 0 Å². The Morgan fingerprint density at radius 3 is 2.83 bits per heavy atom. The fourth-order valence-corrected chi connectivity index (χ4v) is 1.94. The molecule has 0 spiro atoms. The standard InChI is InChI=1S/C10H14N4O4/c1-13-3-2-8(12-13)11-10(18)14-5-6(15)4-7(14)9(16)17/h2-3,6-7,15H,4-5H2,1H3,(H,16,17)(H,11,12,18). The summed E-state index contributed by atoms with van der Waals surface area (Å²) in [7, 11) is 1.70. The van der Waals surface area contributed by atoms with Crippen LogP contribution in [-0.2, 0) is 11.8 Å². The average molecular weight is 254 g/mol. The third-order valence-corrected chi connectivity index (χ3v) is 2.77. The van der Waals surface area contributed by atoms with Crippen molar-refractivity contribution in [1.29, 1.82) is 0 Å². The number of carbonyl (C=O) groups excluding carboxylic acids is 1. The Balaban J connectivity index is 2.06.